The molecule has 0 amide bonds. The predicted molar refractivity (Wildman–Crippen MR) is 81.4 cm³/mol. The van der Waals surface area contributed by atoms with Crippen LogP contribution < -0.4 is 5.73 Å². The molecule has 2 N–H and O–H groups in total. The van der Waals surface area contributed by atoms with Gasteiger partial charge in [-0.3, -0.25) is 0 Å². The monoisotopic (exact) mass is 343 g/mol. The molecule has 0 rings (SSSR count). The van der Waals surface area contributed by atoms with Crippen LogP contribution in [0.15, 0.2) is 0 Å². The van der Waals surface area contributed by atoms with E-state index in [1.165, 1.54) is 0 Å². The van der Waals surface area contributed by atoms with E-state index in [0.717, 1.165) is 25.7 Å². The molecule has 0 aromatic rings. The van der Waals surface area contributed by atoms with E-state index in [-0.39, 0.29) is 0 Å². The molecule has 0 heterocycles. The second-order valence-corrected chi connectivity index (χ2v) is 6.25. The highest BCUT2D eigenvalue weighted by molar-refractivity contribution is 7.33. The number of hydrogen-bond acceptors (Lipinski definition) is 7. The summed E-state index contributed by atoms with van der Waals surface area (Å²) in [6.45, 7) is 5.60. The first-order chi connectivity index (χ1) is 10.1. The lowest BCUT2D eigenvalue weighted by Crippen LogP contribution is -2.10. The molecule has 0 spiro atoms. The van der Waals surface area contributed by atoms with Crippen molar-refractivity contribution >= 4 is 16.5 Å². The summed E-state index contributed by atoms with van der Waals surface area (Å²) in [5.74, 6) is 0.323. The number of hydrogen-bond donors (Lipinski definition) is 1. The van der Waals surface area contributed by atoms with Crippen LogP contribution in [0.2, 0.25) is 0 Å². The van der Waals surface area contributed by atoms with Crippen LogP contribution in [-0.4, -0.2) is 33.0 Å². The van der Waals surface area contributed by atoms with Gasteiger partial charge in [0.2, 0.25) is 0 Å². The summed E-state index contributed by atoms with van der Waals surface area (Å²) < 4.78 is 42.3. The van der Waals surface area contributed by atoms with E-state index < -0.39 is 16.5 Å². The highest BCUT2D eigenvalue weighted by Gasteiger charge is 2.22. The highest BCUT2D eigenvalue weighted by atomic mass is 31.1. The van der Waals surface area contributed by atoms with E-state index in [1.807, 2.05) is 0 Å². The van der Waals surface area contributed by atoms with Crippen molar-refractivity contribution in [2.45, 2.75) is 39.5 Å². The Hall–Kier alpha value is -0.0000000000000000208. The Kier molecular flexibility index (Phi) is 14.9. The molecule has 0 saturated heterocycles. The van der Waals surface area contributed by atoms with Gasteiger partial charge in [-0.25, -0.2) is 0 Å². The molecule has 0 saturated carbocycles. The smallest absolute Gasteiger partial charge is 0.330 e. The summed E-state index contributed by atoms with van der Waals surface area (Å²) in [7, 11) is -4.05. The van der Waals surface area contributed by atoms with Crippen molar-refractivity contribution in [3.8, 4) is 0 Å². The fraction of sp³-hybridized carbons (Fsp3) is 1.00. The third-order valence-electron chi connectivity index (χ3n) is 2.73. The maximum absolute atomic E-state index is 11.2. The van der Waals surface area contributed by atoms with E-state index in [2.05, 4.69) is 0 Å². The van der Waals surface area contributed by atoms with Crippen molar-refractivity contribution in [1.82, 2.24) is 0 Å². The fourth-order valence-electron chi connectivity index (χ4n) is 1.71. The molecular formula is C12H27NO6P2+2. The molecule has 7 nitrogen and oxygen atoms in total. The van der Waals surface area contributed by atoms with Crippen molar-refractivity contribution in [1.29, 1.82) is 0 Å². The lowest BCUT2D eigenvalue weighted by molar-refractivity contribution is 0.192. The van der Waals surface area contributed by atoms with Crippen molar-refractivity contribution in [3.63, 3.8) is 0 Å². The summed E-state index contributed by atoms with van der Waals surface area (Å²) in [4.78, 5) is 0. The molecule has 0 aliphatic heterocycles. The van der Waals surface area contributed by atoms with Gasteiger partial charge in [0.05, 0.1) is 0 Å². The summed E-state index contributed by atoms with van der Waals surface area (Å²) in [6.07, 6.45) is 3.31. The Morgan fingerprint density at radius 3 is 1.71 bits per heavy atom. The third kappa shape index (κ3) is 13.4. The molecule has 0 aromatic carbocycles. The zero-order valence-electron chi connectivity index (χ0n) is 12.9. The summed E-state index contributed by atoms with van der Waals surface area (Å²) in [6, 6.07) is 0. The molecule has 0 aliphatic rings. The second kappa shape index (κ2) is 14.9. The minimum Gasteiger partial charge on any atom is -0.330 e. The molecule has 124 valence electrons. The molecule has 9 heteroatoms. The SMILES string of the molecule is CCO[P+](=O)OCCC(CCCN)CCO[P+](=O)OCC. The second-order valence-electron chi connectivity index (χ2n) is 4.32. The lowest BCUT2D eigenvalue weighted by Gasteiger charge is -2.13. The Labute approximate surface area is 128 Å². The molecule has 0 aliphatic carbocycles. The van der Waals surface area contributed by atoms with Gasteiger partial charge in [-0.05, 0) is 52.0 Å². The van der Waals surface area contributed by atoms with Crippen LogP contribution in [0.4, 0.5) is 0 Å². The Morgan fingerprint density at radius 1 is 0.857 bits per heavy atom. The van der Waals surface area contributed by atoms with E-state index >= 15 is 0 Å². The fourth-order valence-corrected chi connectivity index (χ4v) is 2.79. The summed E-state index contributed by atoms with van der Waals surface area (Å²) in [5, 5.41) is 0. The summed E-state index contributed by atoms with van der Waals surface area (Å²) in [5.41, 5.74) is 5.51. The van der Waals surface area contributed by atoms with Gasteiger partial charge in [-0.15, -0.1) is 18.1 Å². The molecule has 0 radical (unpaired) electrons. The molecule has 2 atom stereocenters. The summed E-state index contributed by atoms with van der Waals surface area (Å²) >= 11 is 0. The molecule has 0 bridgehead atoms. The quantitative estimate of drug-likeness (QED) is 0.454. The standard InChI is InChI=1S/C12H27NO6P2/c1-3-16-20(14)18-10-7-12(6-5-9-13)8-11-19-21(15)17-4-2/h12H,3-11,13H2,1-2H3/q+2. The van der Waals surface area contributed by atoms with E-state index in [4.69, 9.17) is 23.8 Å². The first-order valence-corrected chi connectivity index (χ1v) is 9.49. The Morgan fingerprint density at radius 2 is 1.33 bits per heavy atom. The molecule has 21 heavy (non-hydrogen) atoms. The minimum atomic E-state index is -2.03. The van der Waals surface area contributed by atoms with Crippen LogP contribution in [0.1, 0.15) is 39.5 Å². The predicted octanol–water partition coefficient (Wildman–Crippen LogP) is 3.54. The van der Waals surface area contributed by atoms with Crippen molar-refractivity contribution in [2.24, 2.45) is 11.7 Å². The van der Waals surface area contributed by atoms with Crippen LogP contribution in [0, 0.1) is 5.92 Å². The normalized spacial score (nSPS) is 14.0. The zero-order chi connectivity index (χ0) is 15.9. The van der Waals surface area contributed by atoms with Gasteiger partial charge in [0.1, 0.15) is 26.4 Å². The molecular weight excluding hydrogens is 316 g/mol. The van der Waals surface area contributed by atoms with Crippen LogP contribution in [0.3, 0.4) is 0 Å². The van der Waals surface area contributed by atoms with Gasteiger partial charge >= 0.3 is 16.5 Å². The van der Waals surface area contributed by atoms with Gasteiger partial charge in [0.15, 0.2) is 0 Å². The Balaban J connectivity index is 3.90. The van der Waals surface area contributed by atoms with Crippen LogP contribution in [0.25, 0.3) is 0 Å². The van der Waals surface area contributed by atoms with Crippen LogP contribution >= 0.6 is 16.5 Å². The van der Waals surface area contributed by atoms with Gasteiger partial charge in [-0.1, -0.05) is 0 Å². The van der Waals surface area contributed by atoms with Crippen molar-refractivity contribution in [2.75, 3.05) is 33.0 Å². The lowest BCUT2D eigenvalue weighted by atomic mass is 9.97. The largest absolute Gasteiger partial charge is 0.697 e. The maximum Gasteiger partial charge on any atom is 0.697 e. The molecule has 2 unspecified atom stereocenters. The van der Waals surface area contributed by atoms with E-state index in [9.17, 15) is 9.13 Å². The van der Waals surface area contributed by atoms with Gasteiger partial charge in [-0.2, -0.15) is 0 Å². The van der Waals surface area contributed by atoms with Gasteiger partial charge < -0.3 is 5.73 Å². The van der Waals surface area contributed by atoms with Gasteiger partial charge in [0, 0.05) is 9.13 Å². The first kappa shape index (κ1) is 21.0. The van der Waals surface area contributed by atoms with Crippen LogP contribution in [0.5, 0.6) is 0 Å². The molecule has 0 aromatic heterocycles. The highest BCUT2D eigenvalue weighted by Crippen LogP contribution is 2.27. The average Bonchev–Trinajstić information content (AvgIpc) is 2.44. The number of nitrogens with two attached hydrogens (primary N) is 1. The Bertz CT molecular complexity index is 269. The zero-order valence-corrected chi connectivity index (χ0v) is 14.7. The van der Waals surface area contributed by atoms with E-state index in [0.29, 0.717) is 38.9 Å². The van der Waals surface area contributed by atoms with E-state index in [1.54, 1.807) is 13.8 Å². The maximum atomic E-state index is 11.2. The average molecular weight is 343 g/mol. The van der Waals surface area contributed by atoms with Crippen LogP contribution in [-0.2, 0) is 27.2 Å². The van der Waals surface area contributed by atoms with Crippen molar-refractivity contribution < 1.29 is 27.2 Å². The molecule has 0 fully saturated rings. The first-order valence-electron chi connectivity index (χ1n) is 7.30. The topological polar surface area (TPSA) is 97.1 Å². The third-order valence-corrected chi connectivity index (χ3v) is 4.46. The number of rotatable bonds is 15. The van der Waals surface area contributed by atoms with Gasteiger partial charge in [0.25, 0.3) is 0 Å². The minimum absolute atomic E-state index is 0.323. The van der Waals surface area contributed by atoms with Crippen molar-refractivity contribution in [3.05, 3.63) is 0 Å².